The van der Waals surface area contributed by atoms with Crippen molar-refractivity contribution < 1.29 is 0 Å². The molecule has 0 atom stereocenters. The first kappa shape index (κ1) is 9.32. The van der Waals surface area contributed by atoms with E-state index in [9.17, 15) is 0 Å². The molecule has 0 spiro atoms. The number of hydrogen-bond donors (Lipinski definition) is 1. The van der Waals surface area contributed by atoms with Crippen LogP contribution >= 0.6 is 0 Å². The second kappa shape index (κ2) is 3.87. The summed E-state index contributed by atoms with van der Waals surface area (Å²) in [5, 5.41) is 0. The van der Waals surface area contributed by atoms with E-state index in [0.29, 0.717) is 0 Å². The topological polar surface area (TPSA) is 26.0 Å². The molecular weight excluding hydrogens is 170 g/mol. The molecule has 0 saturated heterocycles. The second-order valence-corrected chi connectivity index (χ2v) is 3.91. The molecule has 1 aliphatic carbocycles. The Hall–Kier alpha value is -1.24. The van der Waals surface area contributed by atoms with Gasteiger partial charge in [0.15, 0.2) is 0 Å². The summed E-state index contributed by atoms with van der Waals surface area (Å²) in [5.41, 5.74) is 11.2. The highest BCUT2D eigenvalue weighted by atomic mass is 14.6. The van der Waals surface area contributed by atoms with Gasteiger partial charge in [0.25, 0.3) is 0 Å². The summed E-state index contributed by atoms with van der Waals surface area (Å²) in [5.74, 6) is 0. The summed E-state index contributed by atoms with van der Waals surface area (Å²) >= 11 is 0. The van der Waals surface area contributed by atoms with E-state index in [2.05, 4.69) is 25.1 Å². The van der Waals surface area contributed by atoms with Crippen LogP contribution in [0.3, 0.4) is 0 Å². The summed E-state index contributed by atoms with van der Waals surface area (Å²) in [7, 11) is 0. The van der Waals surface area contributed by atoms with Crippen molar-refractivity contribution in [3.05, 3.63) is 34.9 Å². The lowest BCUT2D eigenvalue weighted by molar-refractivity contribution is 0.686. The molecule has 0 unspecified atom stereocenters. The molecule has 2 rings (SSSR count). The zero-order valence-corrected chi connectivity index (χ0v) is 8.72. The van der Waals surface area contributed by atoms with Crippen molar-refractivity contribution >= 4 is 11.8 Å². The molecule has 0 amide bonds. The van der Waals surface area contributed by atoms with Crippen LogP contribution < -0.4 is 5.73 Å². The molecule has 0 fully saturated rings. The van der Waals surface area contributed by atoms with E-state index in [1.807, 2.05) is 6.07 Å². The van der Waals surface area contributed by atoms with Crippen LogP contribution in [-0.4, -0.2) is 0 Å². The molecule has 1 heteroatoms. The summed E-state index contributed by atoms with van der Waals surface area (Å²) in [6, 6.07) is 4.18. The first-order valence-electron chi connectivity index (χ1n) is 5.36. The summed E-state index contributed by atoms with van der Waals surface area (Å²) in [6.45, 7) is 2.06. The minimum Gasteiger partial charge on any atom is -0.398 e. The van der Waals surface area contributed by atoms with Gasteiger partial charge < -0.3 is 5.73 Å². The van der Waals surface area contributed by atoms with Gasteiger partial charge in [0, 0.05) is 5.69 Å². The predicted molar refractivity (Wildman–Crippen MR) is 62.2 cm³/mol. The fourth-order valence-electron chi connectivity index (χ4n) is 2.26. The van der Waals surface area contributed by atoms with Crippen molar-refractivity contribution in [2.75, 3.05) is 5.73 Å². The van der Waals surface area contributed by atoms with Gasteiger partial charge in [0.1, 0.15) is 0 Å². The SMILES string of the molecule is C/C=C/c1ccc(N)c2c1CCCC2. The number of nitrogens with two attached hydrogens (primary N) is 1. The largest absolute Gasteiger partial charge is 0.398 e. The summed E-state index contributed by atoms with van der Waals surface area (Å²) in [6.07, 6.45) is 9.23. The van der Waals surface area contributed by atoms with Gasteiger partial charge in [-0.05, 0) is 55.4 Å². The zero-order valence-electron chi connectivity index (χ0n) is 8.72. The maximum Gasteiger partial charge on any atom is 0.0349 e. The van der Waals surface area contributed by atoms with Gasteiger partial charge >= 0.3 is 0 Å². The average molecular weight is 187 g/mol. The summed E-state index contributed by atoms with van der Waals surface area (Å²) < 4.78 is 0. The van der Waals surface area contributed by atoms with Crippen LogP contribution in [0.15, 0.2) is 18.2 Å². The maximum absolute atomic E-state index is 5.98. The monoisotopic (exact) mass is 187 g/mol. The molecule has 74 valence electrons. The minimum absolute atomic E-state index is 0.980. The molecule has 1 aromatic carbocycles. The molecule has 0 saturated carbocycles. The van der Waals surface area contributed by atoms with Crippen LogP contribution in [0.2, 0.25) is 0 Å². The molecule has 1 nitrogen and oxygen atoms in total. The van der Waals surface area contributed by atoms with E-state index >= 15 is 0 Å². The fraction of sp³-hybridized carbons (Fsp3) is 0.385. The second-order valence-electron chi connectivity index (χ2n) is 3.91. The van der Waals surface area contributed by atoms with E-state index in [4.69, 9.17) is 5.73 Å². The number of rotatable bonds is 1. The summed E-state index contributed by atoms with van der Waals surface area (Å²) in [4.78, 5) is 0. The van der Waals surface area contributed by atoms with E-state index in [1.165, 1.54) is 36.0 Å². The lowest BCUT2D eigenvalue weighted by Gasteiger charge is -2.19. The Balaban J connectivity index is 2.53. The minimum atomic E-state index is 0.980. The third-order valence-electron chi connectivity index (χ3n) is 2.95. The van der Waals surface area contributed by atoms with Crippen LogP contribution in [0.25, 0.3) is 6.08 Å². The van der Waals surface area contributed by atoms with Crippen molar-refractivity contribution in [2.45, 2.75) is 32.6 Å². The number of nitrogen functional groups attached to an aromatic ring is 1. The van der Waals surface area contributed by atoms with Gasteiger partial charge in [-0.25, -0.2) is 0 Å². The molecule has 14 heavy (non-hydrogen) atoms. The van der Waals surface area contributed by atoms with Gasteiger partial charge in [-0.15, -0.1) is 0 Å². The van der Waals surface area contributed by atoms with Crippen molar-refractivity contribution in [3.8, 4) is 0 Å². The molecule has 0 aliphatic heterocycles. The van der Waals surface area contributed by atoms with Crippen molar-refractivity contribution in [1.29, 1.82) is 0 Å². The Morgan fingerprint density at radius 1 is 1.14 bits per heavy atom. The van der Waals surface area contributed by atoms with E-state index in [-0.39, 0.29) is 0 Å². The van der Waals surface area contributed by atoms with Crippen LogP contribution in [0.1, 0.15) is 36.5 Å². The molecule has 1 aromatic rings. The first-order valence-corrected chi connectivity index (χ1v) is 5.36. The highest BCUT2D eigenvalue weighted by molar-refractivity contribution is 5.63. The van der Waals surface area contributed by atoms with Gasteiger partial charge in [-0.2, -0.15) is 0 Å². The Labute approximate surface area is 85.6 Å². The van der Waals surface area contributed by atoms with Gasteiger partial charge in [0.2, 0.25) is 0 Å². The Kier molecular flexibility index (Phi) is 2.58. The quantitative estimate of drug-likeness (QED) is 0.671. The normalized spacial score (nSPS) is 15.8. The van der Waals surface area contributed by atoms with Crippen LogP contribution in [0.5, 0.6) is 0 Å². The molecule has 1 aliphatic rings. The van der Waals surface area contributed by atoms with E-state index in [0.717, 1.165) is 12.1 Å². The molecular formula is C13H17N. The highest BCUT2D eigenvalue weighted by Gasteiger charge is 2.13. The lowest BCUT2D eigenvalue weighted by atomic mass is 9.87. The Bertz CT molecular complexity index is 364. The van der Waals surface area contributed by atoms with Crippen molar-refractivity contribution in [2.24, 2.45) is 0 Å². The van der Waals surface area contributed by atoms with E-state index in [1.54, 1.807) is 0 Å². The number of anilines is 1. The zero-order chi connectivity index (χ0) is 9.97. The van der Waals surface area contributed by atoms with E-state index < -0.39 is 0 Å². The third kappa shape index (κ3) is 1.54. The van der Waals surface area contributed by atoms with Crippen LogP contribution in [0.4, 0.5) is 5.69 Å². The number of hydrogen-bond acceptors (Lipinski definition) is 1. The van der Waals surface area contributed by atoms with Gasteiger partial charge in [0.05, 0.1) is 0 Å². The molecule has 0 bridgehead atoms. The van der Waals surface area contributed by atoms with Gasteiger partial charge in [-0.3, -0.25) is 0 Å². The first-order chi connectivity index (χ1) is 6.83. The number of fused-ring (bicyclic) bond motifs is 1. The predicted octanol–water partition coefficient (Wildman–Crippen LogP) is 3.18. The van der Waals surface area contributed by atoms with Crippen LogP contribution in [0, 0.1) is 0 Å². The molecule has 0 aromatic heterocycles. The van der Waals surface area contributed by atoms with Crippen molar-refractivity contribution in [3.63, 3.8) is 0 Å². The molecule has 0 radical (unpaired) electrons. The molecule has 2 N–H and O–H groups in total. The Morgan fingerprint density at radius 3 is 2.57 bits per heavy atom. The standard InChI is InChI=1S/C13H17N/c1-2-5-10-8-9-13(14)12-7-4-3-6-11(10)12/h2,5,8-9H,3-4,6-7,14H2,1H3/b5-2+. The number of benzene rings is 1. The third-order valence-corrected chi connectivity index (χ3v) is 2.95. The average Bonchev–Trinajstić information content (AvgIpc) is 2.23. The lowest BCUT2D eigenvalue weighted by Crippen LogP contribution is -2.07. The highest BCUT2D eigenvalue weighted by Crippen LogP contribution is 2.29. The van der Waals surface area contributed by atoms with Gasteiger partial charge in [-0.1, -0.05) is 18.2 Å². The Morgan fingerprint density at radius 2 is 1.86 bits per heavy atom. The molecule has 0 heterocycles. The number of allylic oxidation sites excluding steroid dienone is 1. The maximum atomic E-state index is 5.98. The fourth-order valence-corrected chi connectivity index (χ4v) is 2.26. The van der Waals surface area contributed by atoms with Crippen LogP contribution in [-0.2, 0) is 12.8 Å². The smallest absolute Gasteiger partial charge is 0.0349 e. The van der Waals surface area contributed by atoms with Crippen molar-refractivity contribution in [1.82, 2.24) is 0 Å².